The standard InChI is InChI=1S/C11H15N3S/c1-6(2)14-10-9-7(3)8(4)15-11(9)13-5-12-10/h5-6H,1-4H3,(H,12,13,14). The van der Waals surface area contributed by atoms with E-state index in [-0.39, 0.29) is 0 Å². The number of hydrogen-bond acceptors (Lipinski definition) is 4. The predicted molar refractivity (Wildman–Crippen MR) is 65.6 cm³/mol. The SMILES string of the molecule is Cc1sc2ncnc(NC(C)C)c2c1C. The van der Waals surface area contributed by atoms with Crippen LogP contribution < -0.4 is 5.32 Å². The van der Waals surface area contributed by atoms with Gasteiger partial charge in [-0.3, -0.25) is 0 Å². The maximum atomic E-state index is 4.31. The number of nitrogens with zero attached hydrogens (tertiary/aromatic N) is 2. The van der Waals surface area contributed by atoms with E-state index < -0.39 is 0 Å². The molecule has 0 amide bonds. The summed E-state index contributed by atoms with van der Waals surface area (Å²) in [5.74, 6) is 0.955. The summed E-state index contributed by atoms with van der Waals surface area (Å²) in [6, 6.07) is 0.391. The van der Waals surface area contributed by atoms with E-state index in [1.165, 1.54) is 15.8 Å². The topological polar surface area (TPSA) is 37.8 Å². The monoisotopic (exact) mass is 221 g/mol. The van der Waals surface area contributed by atoms with Gasteiger partial charge in [-0.1, -0.05) is 0 Å². The first-order valence-electron chi connectivity index (χ1n) is 5.07. The van der Waals surface area contributed by atoms with Gasteiger partial charge < -0.3 is 5.32 Å². The van der Waals surface area contributed by atoms with Crippen molar-refractivity contribution in [3.63, 3.8) is 0 Å². The van der Waals surface area contributed by atoms with Gasteiger partial charge in [0, 0.05) is 10.9 Å². The normalized spacial score (nSPS) is 11.3. The Morgan fingerprint density at radius 1 is 1.27 bits per heavy atom. The minimum Gasteiger partial charge on any atom is -0.367 e. The average molecular weight is 221 g/mol. The lowest BCUT2D eigenvalue weighted by atomic mass is 10.2. The summed E-state index contributed by atoms with van der Waals surface area (Å²) in [5, 5.41) is 4.53. The Morgan fingerprint density at radius 3 is 2.67 bits per heavy atom. The van der Waals surface area contributed by atoms with Gasteiger partial charge in [-0.05, 0) is 33.3 Å². The fourth-order valence-corrected chi connectivity index (χ4v) is 2.56. The van der Waals surface area contributed by atoms with Crippen LogP contribution in [0.5, 0.6) is 0 Å². The summed E-state index contributed by atoms with van der Waals surface area (Å²) in [7, 11) is 0. The lowest BCUT2D eigenvalue weighted by Crippen LogP contribution is -2.11. The van der Waals surface area contributed by atoms with E-state index in [2.05, 4.69) is 43.0 Å². The third-order valence-electron chi connectivity index (χ3n) is 2.39. The molecular formula is C11H15N3S. The van der Waals surface area contributed by atoms with Crippen molar-refractivity contribution in [2.24, 2.45) is 0 Å². The molecule has 80 valence electrons. The molecule has 0 fully saturated rings. The number of rotatable bonds is 2. The van der Waals surface area contributed by atoms with Gasteiger partial charge in [0.05, 0.1) is 5.39 Å². The Morgan fingerprint density at radius 2 is 2.00 bits per heavy atom. The molecule has 0 saturated carbocycles. The highest BCUT2D eigenvalue weighted by Gasteiger charge is 2.11. The molecule has 3 nitrogen and oxygen atoms in total. The Hall–Kier alpha value is -1.16. The highest BCUT2D eigenvalue weighted by atomic mass is 32.1. The third kappa shape index (κ3) is 1.81. The first-order chi connectivity index (χ1) is 7.09. The summed E-state index contributed by atoms with van der Waals surface area (Å²) in [6.45, 7) is 8.48. The van der Waals surface area contributed by atoms with Gasteiger partial charge in [-0.25, -0.2) is 9.97 Å². The van der Waals surface area contributed by atoms with Gasteiger partial charge in [0.2, 0.25) is 0 Å². The van der Waals surface area contributed by atoms with E-state index in [4.69, 9.17) is 0 Å². The van der Waals surface area contributed by atoms with Gasteiger partial charge in [0.15, 0.2) is 0 Å². The van der Waals surface area contributed by atoms with Crippen molar-refractivity contribution < 1.29 is 0 Å². The maximum Gasteiger partial charge on any atom is 0.138 e. The Kier molecular flexibility index (Phi) is 2.61. The molecule has 0 aliphatic heterocycles. The molecular weight excluding hydrogens is 206 g/mol. The van der Waals surface area contributed by atoms with Crippen molar-refractivity contribution >= 4 is 27.4 Å². The van der Waals surface area contributed by atoms with Gasteiger partial charge in [-0.2, -0.15) is 0 Å². The van der Waals surface area contributed by atoms with Crippen molar-refractivity contribution in [2.45, 2.75) is 33.7 Å². The summed E-state index contributed by atoms with van der Waals surface area (Å²) in [5.41, 5.74) is 1.29. The van der Waals surface area contributed by atoms with Crippen LogP contribution in [0.25, 0.3) is 10.2 Å². The summed E-state index contributed by atoms with van der Waals surface area (Å²) < 4.78 is 0. The minimum atomic E-state index is 0.391. The van der Waals surface area contributed by atoms with E-state index in [0.717, 1.165) is 10.6 Å². The van der Waals surface area contributed by atoms with Crippen LogP contribution in [-0.2, 0) is 0 Å². The molecule has 0 aliphatic rings. The Bertz CT molecular complexity index is 488. The molecule has 4 heteroatoms. The van der Waals surface area contributed by atoms with E-state index in [9.17, 15) is 0 Å². The van der Waals surface area contributed by atoms with Crippen molar-refractivity contribution in [2.75, 3.05) is 5.32 Å². The van der Waals surface area contributed by atoms with E-state index in [0.29, 0.717) is 6.04 Å². The van der Waals surface area contributed by atoms with Crippen LogP contribution in [-0.4, -0.2) is 16.0 Å². The van der Waals surface area contributed by atoms with Crippen molar-refractivity contribution in [3.05, 3.63) is 16.8 Å². The summed E-state index contributed by atoms with van der Waals surface area (Å²) in [6.07, 6.45) is 1.63. The maximum absolute atomic E-state index is 4.31. The lowest BCUT2D eigenvalue weighted by molar-refractivity contribution is 0.890. The highest BCUT2D eigenvalue weighted by Crippen LogP contribution is 2.32. The Balaban J connectivity index is 2.63. The molecule has 0 spiro atoms. The molecule has 0 aromatic carbocycles. The van der Waals surface area contributed by atoms with Crippen LogP contribution in [0.1, 0.15) is 24.3 Å². The van der Waals surface area contributed by atoms with Gasteiger partial charge in [0.1, 0.15) is 17.0 Å². The molecule has 0 aliphatic carbocycles. The minimum absolute atomic E-state index is 0.391. The van der Waals surface area contributed by atoms with E-state index >= 15 is 0 Å². The van der Waals surface area contributed by atoms with Gasteiger partial charge in [0.25, 0.3) is 0 Å². The number of aryl methyl sites for hydroxylation is 2. The summed E-state index contributed by atoms with van der Waals surface area (Å²) >= 11 is 1.73. The van der Waals surface area contributed by atoms with Crippen LogP contribution in [0.3, 0.4) is 0 Å². The van der Waals surface area contributed by atoms with Crippen LogP contribution in [0.2, 0.25) is 0 Å². The Labute approximate surface area is 93.6 Å². The third-order valence-corrected chi connectivity index (χ3v) is 3.51. The van der Waals surface area contributed by atoms with Crippen molar-refractivity contribution in [3.8, 4) is 0 Å². The number of aromatic nitrogens is 2. The molecule has 0 unspecified atom stereocenters. The van der Waals surface area contributed by atoms with Crippen LogP contribution >= 0.6 is 11.3 Å². The molecule has 2 aromatic rings. The quantitative estimate of drug-likeness (QED) is 0.846. The molecule has 1 N–H and O–H groups in total. The molecule has 15 heavy (non-hydrogen) atoms. The zero-order chi connectivity index (χ0) is 11.0. The fraction of sp³-hybridized carbons (Fsp3) is 0.455. The smallest absolute Gasteiger partial charge is 0.138 e. The second kappa shape index (κ2) is 3.77. The van der Waals surface area contributed by atoms with Gasteiger partial charge >= 0.3 is 0 Å². The second-order valence-electron chi connectivity index (χ2n) is 3.98. The molecule has 0 saturated heterocycles. The van der Waals surface area contributed by atoms with Crippen LogP contribution in [0.15, 0.2) is 6.33 Å². The molecule has 0 radical (unpaired) electrons. The first kappa shape index (κ1) is 10.4. The van der Waals surface area contributed by atoms with Gasteiger partial charge in [-0.15, -0.1) is 11.3 Å². The number of thiophene rings is 1. The molecule has 2 rings (SSSR count). The zero-order valence-electron chi connectivity index (χ0n) is 9.46. The first-order valence-corrected chi connectivity index (χ1v) is 5.88. The van der Waals surface area contributed by atoms with Crippen LogP contribution in [0, 0.1) is 13.8 Å². The lowest BCUT2D eigenvalue weighted by Gasteiger charge is -2.09. The fourth-order valence-electron chi connectivity index (χ4n) is 1.57. The van der Waals surface area contributed by atoms with E-state index in [1.54, 1.807) is 17.7 Å². The molecule has 2 heterocycles. The van der Waals surface area contributed by atoms with E-state index in [1.807, 2.05) is 0 Å². The summed E-state index contributed by atoms with van der Waals surface area (Å²) in [4.78, 5) is 11.0. The number of hydrogen-bond donors (Lipinski definition) is 1. The molecule has 2 aromatic heterocycles. The van der Waals surface area contributed by atoms with Crippen molar-refractivity contribution in [1.29, 1.82) is 0 Å². The number of fused-ring (bicyclic) bond motifs is 1. The average Bonchev–Trinajstić information content (AvgIpc) is 2.43. The number of nitrogens with one attached hydrogen (secondary N) is 1. The zero-order valence-corrected chi connectivity index (χ0v) is 10.3. The van der Waals surface area contributed by atoms with Crippen LogP contribution in [0.4, 0.5) is 5.82 Å². The molecule has 0 bridgehead atoms. The number of anilines is 1. The van der Waals surface area contributed by atoms with Crippen molar-refractivity contribution in [1.82, 2.24) is 9.97 Å². The predicted octanol–water partition coefficient (Wildman–Crippen LogP) is 3.13. The molecule has 0 atom stereocenters. The second-order valence-corrected chi connectivity index (χ2v) is 5.19. The highest BCUT2D eigenvalue weighted by molar-refractivity contribution is 7.18. The largest absolute Gasteiger partial charge is 0.367 e.